The summed E-state index contributed by atoms with van der Waals surface area (Å²) in [6, 6.07) is -0.158. The molecule has 1 aromatic rings. The number of hydrogen-bond donors (Lipinski definition) is 4. The maximum atomic E-state index is 12.1. The molecule has 13 nitrogen and oxygen atoms in total. The van der Waals surface area contributed by atoms with E-state index in [1.807, 2.05) is 9.80 Å². The van der Waals surface area contributed by atoms with Gasteiger partial charge in [-0.15, -0.1) is 12.4 Å². The molecule has 4 rings (SSSR count). The third-order valence-corrected chi connectivity index (χ3v) is 6.28. The molecule has 0 radical (unpaired) electrons. The standard InChI is InChI=1S/C20H37N11O2.ClH/c1-2-33-20(32)29-5-3-28(4-6-29)17-25-18(30-9-13(21)7-14(22)10-30)27-19(26-17)31-11-15(23)8-16(24)12-31;/h13-16H,2-12,21-24H2,1H3;1H/t13-,14+,15-,16+;. The molecule has 3 aliphatic heterocycles. The first-order valence-electron chi connectivity index (χ1n) is 11.8. The van der Waals surface area contributed by atoms with Crippen molar-refractivity contribution < 1.29 is 9.53 Å². The van der Waals surface area contributed by atoms with Crippen LogP contribution in [0.1, 0.15) is 19.8 Å². The summed E-state index contributed by atoms with van der Waals surface area (Å²) < 4.78 is 5.13. The van der Waals surface area contributed by atoms with Crippen LogP contribution >= 0.6 is 12.4 Å². The lowest BCUT2D eigenvalue weighted by Crippen LogP contribution is -2.54. The third-order valence-electron chi connectivity index (χ3n) is 6.28. The molecule has 3 aliphatic rings. The lowest BCUT2D eigenvalue weighted by molar-refractivity contribution is 0.105. The van der Waals surface area contributed by atoms with Gasteiger partial charge in [0.1, 0.15) is 0 Å². The van der Waals surface area contributed by atoms with E-state index in [1.54, 1.807) is 11.8 Å². The van der Waals surface area contributed by atoms with Crippen LogP contribution in [-0.4, -0.2) is 109 Å². The molecular weight excluding hydrogens is 462 g/mol. The Labute approximate surface area is 206 Å². The van der Waals surface area contributed by atoms with E-state index >= 15 is 0 Å². The van der Waals surface area contributed by atoms with Crippen molar-refractivity contribution in [1.29, 1.82) is 0 Å². The Bertz CT molecular complexity index is 761. The summed E-state index contributed by atoms with van der Waals surface area (Å²) in [4.78, 5) is 34.3. The zero-order chi connectivity index (χ0) is 23.5. The average Bonchev–Trinajstić information content (AvgIpc) is 2.78. The van der Waals surface area contributed by atoms with Crippen molar-refractivity contribution in [2.24, 2.45) is 22.9 Å². The average molecular weight is 500 g/mol. The summed E-state index contributed by atoms with van der Waals surface area (Å²) >= 11 is 0. The van der Waals surface area contributed by atoms with Crippen molar-refractivity contribution in [3.8, 4) is 0 Å². The normalized spacial score (nSPS) is 27.9. The van der Waals surface area contributed by atoms with Gasteiger partial charge in [-0.3, -0.25) is 0 Å². The monoisotopic (exact) mass is 499 g/mol. The summed E-state index contributed by atoms with van der Waals surface area (Å²) in [5.41, 5.74) is 24.9. The van der Waals surface area contributed by atoms with Gasteiger partial charge in [-0.25, -0.2) is 4.79 Å². The number of amides is 1. The number of aromatic nitrogens is 3. The molecule has 8 N–H and O–H groups in total. The second kappa shape index (κ2) is 11.5. The number of ether oxygens (including phenoxy) is 1. The Morgan fingerprint density at radius 1 is 0.765 bits per heavy atom. The highest BCUT2D eigenvalue weighted by Crippen LogP contribution is 2.24. The molecule has 1 amide bonds. The summed E-state index contributed by atoms with van der Waals surface area (Å²) in [7, 11) is 0. The van der Waals surface area contributed by atoms with Gasteiger partial charge < -0.3 is 47.3 Å². The first kappa shape index (κ1) is 26.4. The number of piperidine rings is 2. The Balaban J connectivity index is 0.00000324. The third kappa shape index (κ3) is 6.27. The van der Waals surface area contributed by atoms with Crippen LogP contribution in [-0.2, 0) is 4.74 Å². The van der Waals surface area contributed by atoms with E-state index < -0.39 is 0 Å². The zero-order valence-electron chi connectivity index (χ0n) is 19.8. The maximum absolute atomic E-state index is 12.1. The first-order chi connectivity index (χ1) is 15.8. The summed E-state index contributed by atoms with van der Waals surface area (Å²) in [5.74, 6) is 1.68. The molecule has 0 aliphatic carbocycles. The number of carbonyl (C=O) groups is 1. The zero-order valence-corrected chi connectivity index (χ0v) is 20.6. The number of nitrogens with zero attached hydrogens (tertiary/aromatic N) is 7. The number of halogens is 1. The molecule has 4 atom stereocenters. The number of hydrogen-bond acceptors (Lipinski definition) is 12. The van der Waals surface area contributed by atoms with Crippen molar-refractivity contribution >= 4 is 36.3 Å². The van der Waals surface area contributed by atoms with Gasteiger partial charge in [0.15, 0.2) is 0 Å². The summed E-state index contributed by atoms with van der Waals surface area (Å²) in [5, 5.41) is 0. The molecule has 0 saturated carbocycles. The molecule has 192 valence electrons. The van der Waals surface area contributed by atoms with Gasteiger partial charge in [-0.2, -0.15) is 15.0 Å². The fraction of sp³-hybridized carbons (Fsp3) is 0.800. The maximum Gasteiger partial charge on any atom is 0.409 e. The van der Waals surface area contributed by atoms with Gasteiger partial charge in [0, 0.05) is 76.5 Å². The van der Waals surface area contributed by atoms with Crippen molar-refractivity contribution in [2.45, 2.75) is 43.9 Å². The van der Waals surface area contributed by atoms with Crippen molar-refractivity contribution in [2.75, 3.05) is 73.7 Å². The summed E-state index contributed by atoms with van der Waals surface area (Å²) in [6.07, 6.45) is 1.25. The smallest absolute Gasteiger partial charge is 0.409 e. The van der Waals surface area contributed by atoms with E-state index in [-0.39, 0.29) is 42.7 Å². The van der Waals surface area contributed by atoms with Crippen molar-refractivity contribution in [1.82, 2.24) is 19.9 Å². The van der Waals surface area contributed by atoms with Crippen LogP contribution < -0.4 is 37.6 Å². The van der Waals surface area contributed by atoms with Gasteiger partial charge in [0.05, 0.1) is 6.61 Å². The predicted molar refractivity (Wildman–Crippen MR) is 133 cm³/mol. The molecule has 0 aromatic carbocycles. The Morgan fingerprint density at radius 2 is 1.15 bits per heavy atom. The second-order valence-corrected chi connectivity index (χ2v) is 9.23. The highest BCUT2D eigenvalue weighted by atomic mass is 35.5. The fourth-order valence-corrected chi connectivity index (χ4v) is 4.76. The van der Waals surface area contributed by atoms with Gasteiger partial charge in [0.2, 0.25) is 17.8 Å². The van der Waals surface area contributed by atoms with Crippen LogP contribution in [0.25, 0.3) is 0 Å². The largest absolute Gasteiger partial charge is 0.450 e. The molecular formula is C20H38ClN11O2. The first-order valence-corrected chi connectivity index (χ1v) is 11.8. The van der Waals surface area contributed by atoms with Crippen molar-refractivity contribution in [3.63, 3.8) is 0 Å². The molecule has 3 fully saturated rings. The Morgan fingerprint density at radius 3 is 1.53 bits per heavy atom. The highest BCUT2D eigenvalue weighted by molar-refractivity contribution is 5.85. The van der Waals surface area contributed by atoms with Crippen LogP contribution in [0.4, 0.5) is 22.6 Å². The number of nitrogens with two attached hydrogens (primary N) is 4. The summed E-state index contributed by atoms with van der Waals surface area (Å²) in [6.45, 7) is 6.96. The van der Waals surface area contributed by atoms with Gasteiger partial charge in [-0.05, 0) is 19.8 Å². The topological polar surface area (TPSA) is 182 Å². The lowest BCUT2D eigenvalue weighted by Gasteiger charge is -2.38. The van der Waals surface area contributed by atoms with Crippen molar-refractivity contribution in [3.05, 3.63) is 0 Å². The fourth-order valence-electron chi connectivity index (χ4n) is 4.76. The molecule has 4 heterocycles. The molecule has 14 heteroatoms. The van der Waals surface area contributed by atoms with Crippen LogP contribution in [0.3, 0.4) is 0 Å². The Hall–Kier alpha value is -2.19. The van der Waals surface area contributed by atoms with Crippen LogP contribution in [0, 0.1) is 0 Å². The highest BCUT2D eigenvalue weighted by Gasteiger charge is 2.30. The number of carbonyl (C=O) groups excluding carboxylic acids is 1. The molecule has 0 unspecified atom stereocenters. The molecule has 3 saturated heterocycles. The SMILES string of the molecule is CCOC(=O)N1CCN(c2nc(N3C[C@H](N)C[C@H](N)C3)nc(N3C[C@H](N)C[C@H](N)C3)n2)CC1.Cl. The van der Waals surface area contributed by atoms with Gasteiger partial charge >= 0.3 is 6.09 Å². The predicted octanol–water partition coefficient (Wildman–Crippen LogP) is -1.70. The van der Waals surface area contributed by atoms with Gasteiger partial charge in [-0.1, -0.05) is 0 Å². The van der Waals surface area contributed by atoms with Crippen LogP contribution in [0.15, 0.2) is 0 Å². The molecule has 1 aromatic heterocycles. The van der Waals surface area contributed by atoms with Crippen LogP contribution in [0.5, 0.6) is 0 Å². The quantitative estimate of drug-likeness (QED) is 0.369. The van der Waals surface area contributed by atoms with E-state index in [0.717, 1.165) is 12.8 Å². The van der Waals surface area contributed by atoms with E-state index in [2.05, 4.69) is 4.90 Å². The minimum absolute atomic E-state index is 0. The number of anilines is 3. The minimum atomic E-state index is -0.290. The van der Waals surface area contributed by atoms with E-state index in [1.165, 1.54) is 0 Å². The van der Waals surface area contributed by atoms with E-state index in [9.17, 15) is 4.79 Å². The number of rotatable bonds is 4. The lowest BCUT2D eigenvalue weighted by atomic mass is 10.0. The second-order valence-electron chi connectivity index (χ2n) is 9.23. The molecule has 0 spiro atoms. The molecule has 34 heavy (non-hydrogen) atoms. The van der Waals surface area contributed by atoms with E-state index in [4.69, 9.17) is 42.6 Å². The Kier molecular flexibility index (Phi) is 8.93. The van der Waals surface area contributed by atoms with Gasteiger partial charge in [0.25, 0.3) is 0 Å². The van der Waals surface area contributed by atoms with Crippen LogP contribution in [0.2, 0.25) is 0 Å². The van der Waals surface area contributed by atoms with E-state index in [0.29, 0.717) is 76.8 Å². The number of piperazine rings is 1. The minimum Gasteiger partial charge on any atom is -0.450 e. The molecule has 0 bridgehead atoms.